The molecule has 1 aliphatic heterocycles. The van der Waals surface area contributed by atoms with Gasteiger partial charge in [-0.15, -0.1) is 0 Å². The molecule has 3 rings (SSSR count). The lowest BCUT2D eigenvalue weighted by Crippen LogP contribution is -2.36. The van der Waals surface area contributed by atoms with E-state index < -0.39 is 17.1 Å². The van der Waals surface area contributed by atoms with Crippen molar-refractivity contribution in [1.29, 1.82) is 0 Å². The van der Waals surface area contributed by atoms with Crippen molar-refractivity contribution < 1.29 is 23.9 Å². The van der Waals surface area contributed by atoms with Crippen LogP contribution in [0.2, 0.25) is 0 Å². The number of thioether (sulfide) groups is 1. The molecule has 1 N–H and O–H groups in total. The Labute approximate surface area is 172 Å². The Hall–Kier alpha value is -3.26. The van der Waals surface area contributed by atoms with Crippen molar-refractivity contribution in [1.82, 2.24) is 4.90 Å². The molecule has 0 radical (unpaired) electrons. The number of ether oxygens (including phenoxy) is 2. The van der Waals surface area contributed by atoms with Crippen LogP contribution in [0.25, 0.3) is 6.08 Å². The van der Waals surface area contributed by atoms with Crippen molar-refractivity contribution in [3.05, 3.63) is 59.0 Å². The molecule has 8 heteroatoms. The molecule has 0 atom stereocenters. The minimum atomic E-state index is -0.496. The summed E-state index contributed by atoms with van der Waals surface area (Å²) >= 11 is 0.809. The monoisotopic (exact) mass is 412 g/mol. The molecule has 1 fully saturated rings. The number of para-hydroxylation sites is 2. The molecule has 0 bridgehead atoms. The van der Waals surface area contributed by atoms with E-state index >= 15 is 0 Å². The Morgan fingerprint density at radius 3 is 2.55 bits per heavy atom. The molecule has 1 saturated heterocycles. The Kier molecular flexibility index (Phi) is 6.56. The molecule has 1 heterocycles. The molecular formula is C21H20N2O5S. The van der Waals surface area contributed by atoms with Crippen LogP contribution in [0.4, 0.5) is 10.5 Å². The van der Waals surface area contributed by atoms with Crippen LogP contribution in [0, 0.1) is 0 Å². The van der Waals surface area contributed by atoms with Crippen LogP contribution in [0.3, 0.4) is 0 Å². The fourth-order valence-electron chi connectivity index (χ4n) is 2.67. The number of benzene rings is 2. The van der Waals surface area contributed by atoms with E-state index in [0.717, 1.165) is 22.2 Å². The Balaban J connectivity index is 1.68. The molecular weight excluding hydrogens is 392 g/mol. The third-order valence-electron chi connectivity index (χ3n) is 4.05. The summed E-state index contributed by atoms with van der Waals surface area (Å²) in [6.45, 7) is 1.92. The van der Waals surface area contributed by atoms with Gasteiger partial charge in [0.25, 0.3) is 11.1 Å². The smallest absolute Gasteiger partial charge is 0.294 e. The molecule has 150 valence electrons. The maximum Gasteiger partial charge on any atom is 0.294 e. The lowest BCUT2D eigenvalue weighted by atomic mass is 10.2. The lowest BCUT2D eigenvalue weighted by molar-refractivity contribution is -0.127. The zero-order valence-corrected chi connectivity index (χ0v) is 16.8. The van der Waals surface area contributed by atoms with Gasteiger partial charge in [-0.2, -0.15) is 0 Å². The van der Waals surface area contributed by atoms with Crippen LogP contribution in [0.15, 0.2) is 53.4 Å². The predicted octanol–water partition coefficient (Wildman–Crippen LogP) is 3.77. The van der Waals surface area contributed by atoms with Gasteiger partial charge in [-0.1, -0.05) is 24.3 Å². The largest absolute Gasteiger partial charge is 0.497 e. The SMILES string of the molecule is CCOc1ccccc1NC(=O)CN1C(=O)S/C(=C\c2ccc(OC)cc2)C1=O. The molecule has 0 aliphatic carbocycles. The third-order valence-corrected chi connectivity index (χ3v) is 4.96. The van der Waals surface area contributed by atoms with Crippen LogP contribution in [0.1, 0.15) is 12.5 Å². The Morgan fingerprint density at radius 1 is 1.14 bits per heavy atom. The number of imide groups is 1. The summed E-state index contributed by atoms with van der Waals surface area (Å²) < 4.78 is 10.6. The van der Waals surface area contributed by atoms with Crippen LogP contribution in [-0.4, -0.2) is 42.2 Å². The quantitative estimate of drug-likeness (QED) is 0.697. The van der Waals surface area contributed by atoms with Gasteiger partial charge in [0.1, 0.15) is 18.0 Å². The highest BCUT2D eigenvalue weighted by Crippen LogP contribution is 2.32. The van der Waals surface area contributed by atoms with Gasteiger partial charge in [-0.05, 0) is 54.6 Å². The van der Waals surface area contributed by atoms with Crippen LogP contribution >= 0.6 is 11.8 Å². The predicted molar refractivity (Wildman–Crippen MR) is 112 cm³/mol. The molecule has 0 unspecified atom stereocenters. The average Bonchev–Trinajstić information content (AvgIpc) is 2.97. The van der Waals surface area contributed by atoms with Crippen molar-refractivity contribution in [3.8, 4) is 11.5 Å². The number of carbonyl (C=O) groups excluding carboxylic acids is 3. The average molecular weight is 412 g/mol. The molecule has 1 aliphatic rings. The standard InChI is InChI=1S/C21H20N2O5S/c1-3-28-17-7-5-4-6-16(17)22-19(24)13-23-20(25)18(29-21(23)26)12-14-8-10-15(27-2)11-9-14/h4-12H,3,13H2,1-2H3,(H,22,24)/b18-12-. The van der Waals surface area contributed by atoms with Gasteiger partial charge < -0.3 is 14.8 Å². The van der Waals surface area contributed by atoms with Gasteiger partial charge in [0, 0.05) is 0 Å². The second kappa shape index (κ2) is 9.29. The number of hydrogen-bond acceptors (Lipinski definition) is 6. The van der Waals surface area contributed by atoms with Crippen LogP contribution < -0.4 is 14.8 Å². The first kappa shape index (κ1) is 20.5. The van der Waals surface area contributed by atoms with Crippen molar-refractivity contribution in [2.24, 2.45) is 0 Å². The number of hydrogen-bond donors (Lipinski definition) is 1. The van der Waals surface area contributed by atoms with Gasteiger partial charge in [0.05, 0.1) is 24.3 Å². The first-order chi connectivity index (χ1) is 14.0. The number of carbonyl (C=O) groups is 3. The van der Waals surface area contributed by atoms with Crippen molar-refractivity contribution in [3.63, 3.8) is 0 Å². The lowest BCUT2D eigenvalue weighted by Gasteiger charge is -2.14. The second-order valence-electron chi connectivity index (χ2n) is 6.02. The fourth-order valence-corrected chi connectivity index (χ4v) is 3.51. The van der Waals surface area contributed by atoms with Crippen LogP contribution in [0.5, 0.6) is 11.5 Å². The van der Waals surface area contributed by atoms with E-state index in [1.807, 2.05) is 6.92 Å². The van der Waals surface area contributed by atoms with Crippen molar-refractivity contribution in [2.45, 2.75) is 6.92 Å². The van der Waals surface area contributed by atoms with Gasteiger partial charge in [0.2, 0.25) is 5.91 Å². The zero-order chi connectivity index (χ0) is 20.8. The maximum atomic E-state index is 12.6. The molecule has 0 aromatic heterocycles. The number of methoxy groups -OCH3 is 1. The number of nitrogens with zero attached hydrogens (tertiary/aromatic N) is 1. The molecule has 0 spiro atoms. The van der Waals surface area contributed by atoms with Gasteiger partial charge >= 0.3 is 0 Å². The van der Waals surface area contributed by atoms with Crippen LogP contribution in [-0.2, 0) is 9.59 Å². The molecule has 29 heavy (non-hydrogen) atoms. The van der Waals surface area contributed by atoms with E-state index in [1.54, 1.807) is 61.7 Å². The molecule has 3 amide bonds. The second-order valence-corrected chi connectivity index (χ2v) is 7.01. The Morgan fingerprint density at radius 2 is 1.86 bits per heavy atom. The number of anilines is 1. The summed E-state index contributed by atoms with van der Waals surface area (Å²) in [5.41, 5.74) is 1.24. The highest BCUT2D eigenvalue weighted by atomic mass is 32.2. The van der Waals surface area contributed by atoms with E-state index in [-0.39, 0.29) is 11.4 Å². The summed E-state index contributed by atoms with van der Waals surface area (Å²) in [7, 11) is 1.57. The van der Waals surface area contributed by atoms with Crippen molar-refractivity contribution in [2.75, 3.05) is 25.6 Å². The van der Waals surface area contributed by atoms with E-state index in [1.165, 1.54) is 0 Å². The maximum absolute atomic E-state index is 12.6. The Bertz CT molecular complexity index is 956. The van der Waals surface area contributed by atoms with Gasteiger partial charge in [-0.3, -0.25) is 19.3 Å². The van der Waals surface area contributed by atoms with E-state index in [2.05, 4.69) is 5.32 Å². The first-order valence-corrected chi connectivity index (χ1v) is 9.74. The summed E-state index contributed by atoms with van der Waals surface area (Å²) in [5, 5.41) is 2.20. The van der Waals surface area contributed by atoms with E-state index in [0.29, 0.717) is 23.8 Å². The van der Waals surface area contributed by atoms with Gasteiger partial charge in [0.15, 0.2) is 0 Å². The summed E-state index contributed by atoms with van der Waals surface area (Å²) in [4.78, 5) is 38.4. The van der Waals surface area contributed by atoms with E-state index in [4.69, 9.17) is 9.47 Å². The minimum Gasteiger partial charge on any atom is -0.497 e. The van der Waals surface area contributed by atoms with Crippen molar-refractivity contribution >= 4 is 40.6 Å². The molecule has 7 nitrogen and oxygen atoms in total. The van der Waals surface area contributed by atoms with Gasteiger partial charge in [-0.25, -0.2) is 0 Å². The molecule has 2 aromatic carbocycles. The number of amides is 3. The highest BCUT2D eigenvalue weighted by Gasteiger charge is 2.36. The minimum absolute atomic E-state index is 0.266. The first-order valence-electron chi connectivity index (χ1n) is 8.93. The fraction of sp³-hybridized carbons (Fsp3) is 0.190. The summed E-state index contributed by atoms with van der Waals surface area (Å²) in [5.74, 6) is 0.241. The normalized spacial score (nSPS) is 15.0. The number of rotatable bonds is 7. The zero-order valence-electron chi connectivity index (χ0n) is 16.0. The third kappa shape index (κ3) is 4.97. The van der Waals surface area contributed by atoms with E-state index in [9.17, 15) is 14.4 Å². The number of nitrogens with one attached hydrogen (secondary N) is 1. The highest BCUT2D eigenvalue weighted by molar-refractivity contribution is 8.18. The molecule has 2 aromatic rings. The summed E-state index contributed by atoms with van der Waals surface area (Å²) in [6, 6.07) is 14.1. The summed E-state index contributed by atoms with van der Waals surface area (Å²) in [6.07, 6.45) is 1.62. The topological polar surface area (TPSA) is 84.9 Å². The molecule has 0 saturated carbocycles.